The summed E-state index contributed by atoms with van der Waals surface area (Å²) in [4.78, 5) is 11.9. The third-order valence-corrected chi connectivity index (χ3v) is 2.72. The van der Waals surface area contributed by atoms with Crippen molar-refractivity contribution in [2.24, 2.45) is 0 Å². The quantitative estimate of drug-likeness (QED) is 0.897. The van der Waals surface area contributed by atoms with Gasteiger partial charge in [0.1, 0.15) is 6.54 Å². The van der Waals surface area contributed by atoms with Gasteiger partial charge >= 0.3 is 0 Å². The Morgan fingerprint density at radius 3 is 2.78 bits per heavy atom. The van der Waals surface area contributed by atoms with Gasteiger partial charge < -0.3 is 5.32 Å². The molecule has 18 heavy (non-hydrogen) atoms. The van der Waals surface area contributed by atoms with E-state index in [1.54, 1.807) is 23.1 Å². The van der Waals surface area contributed by atoms with Crippen molar-refractivity contribution in [3.05, 3.63) is 48.3 Å². The Labute approximate surface area is 107 Å². The first-order chi connectivity index (χ1) is 8.66. The van der Waals surface area contributed by atoms with Gasteiger partial charge in [-0.15, -0.1) is 0 Å². The summed E-state index contributed by atoms with van der Waals surface area (Å²) in [5, 5.41) is 6.94. The zero-order valence-corrected chi connectivity index (χ0v) is 10.6. The summed E-state index contributed by atoms with van der Waals surface area (Å²) in [5.74, 6) is 0.318. The van der Waals surface area contributed by atoms with Crippen LogP contribution < -0.4 is 5.32 Å². The van der Waals surface area contributed by atoms with Crippen LogP contribution in [-0.4, -0.2) is 15.7 Å². The van der Waals surface area contributed by atoms with Crippen LogP contribution in [0.1, 0.15) is 25.3 Å². The van der Waals surface area contributed by atoms with Gasteiger partial charge in [-0.05, 0) is 23.6 Å². The lowest BCUT2D eigenvalue weighted by molar-refractivity contribution is -0.116. The lowest BCUT2D eigenvalue weighted by atomic mass is 10.0. The van der Waals surface area contributed by atoms with Gasteiger partial charge in [0.15, 0.2) is 0 Å². The van der Waals surface area contributed by atoms with E-state index in [4.69, 9.17) is 0 Å². The molecule has 1 amide bonds. The summed E-state index contributed by atoms with van der Waals surface area (Å²) in [5.41, 5.74) is 2.02. The van der Waals surface area contributed by atoms with Crippen molar-refractivity contribution >= 4 is 11.6 Å². The second-order valence-corrected chi connectivity index (χ2v) is 4.49. The van der Waals surface area contributed by atoms with Crippen LogP contribution in [0.3, 0.4) is 0 Å². The first kappa shape index (κ1) is 12.4. The van der Waals surface area contributed by atoms with Gasteiger partial charge in [0.05, 0.1) is 0 Å². The highest BCUT2D eigenvalue weighted by atomic mass is 16.2. The summed E-state index contributed by atoms with van der Waals surface area (Å²) in [7, 11) is 0. The highest BCUT2D eigenvalue weighted by Crippen LogP contribution is 2.23. The van der Waals surface area contributed by atoms with Gasteiger partial charge in [0.2, 0.25) is 5.91 Å². The summed E-state index contributed by atoms with van der Waals surface area (Å²) < 4.78 is 1.60. The molecule has 0 bridgehead atoms. The van der Waals surface area contributed by atoms with E-state index in [1.807, 2.05) is 24.3 Å². The predicted molar refractivity (Wildman–Crippen MR) is 71.4 cm³/mol. The molecule has 4 heteroatoms. The fraction of sp³-hybridized carbons (Fsp3) is 0.286. The van der Waals surface area contributed by atoms with Crippen LogP contribution in [0.5, 0.6) is 0 Å². The maximum absolute atomic E-state index is 11.9. The van der Waals surface area contributed by atoms with Gasteiger partial charge in [0, 0.05) is 18.1 Å². The minimum absolute atomic E-state index is 0.0631. The van der Waals surface area contributed by atoms with Crippen molar-refractivity contribution in [1.29, 1.82) is 0 Å². The molecule has 2 aromatic rings. The molecule has 0 fully saturated rings. The maximum Gasteiger partial charge on any atom is 0.246 e. The molecule has 2 rings (SSSR count). The molecule has 4 nitrogen and oxygen atoms in total. The minimum atomic E-state index is -0.0631. The molecule has 0 aliphatic carbocycles. The Balaban J connectivity index is 2.07. The van der Waals surface area contributed by atoms with Crippen molar-refractivity contribution in [2.75, 3.05) is 5.32 Å². The SMILES string of the molecule is CC(C)c1ccccc1NC(=O)Cn1cccn1. The molecule has 0 spiro atoms. The van der Waals surface area contributed by atoms with Crippen molar-refractivity contribution < 1.29 is 4.79 Å². The normalized spacial score (nSPS) is 10.6. The number of aromatic nitrogens is 2. The van der Waals surface area contributed by atoms with Crippen molar-refractivity contribution in [3.8, 4) is 0 Å². The molecule has 0 aliphatic rings. The van der Waals surface area contributed by atoms with Crippen molar-refractivity contribution in [2.45, 2.75) is 26.3 Å². The molecule has 0 aliphatic heterocycles. The van der Waals surface area contributed by atoms with Gasteiger partial charge in [-0.1, -0.05) is 32.0 Å². The maximum atomic E-state index is 11.9. The number of carbonyl (C=O) groups excluding carboxylic acids is 1. The lowest BCUT2D eigenvalue weighted by Crippen LogP contribution is -2.19. The fourth-order valence-electron chi connectivity index (χ4n) is 1.85. The minimum Gasteiger partial charge on any atom is -0.324 e. The van der Waals surface area contributed by atoms with E-state index >= 15 is 0 Å². The summed E-state index contributed by atoms with van der Waals surface area (Å²) in [6, 6.07) is 9.67. The Kier molecular flexibility index (Phi) is 3.77. The molecular formula is C14H17N3O. The Bertz CT molecular complexity index is 518. The third-order valence-electron chi connectivity index (χ3n) is 2.72. The van der Waals surface area contributed by atoms with Crippen molar-refractivity contribution in [1.82, 2.24) is 9.78 Å². The number of anilines is 1. The Hall–Kier alpha value is -2.10. The number of rotatable bonds is 4. The molecule has 1 aromatic carbocycles. The van der Waals surface area contributed by atoms with Crippen LogP contribution >= 0.6 is 0 Å². The molecular weight excluding hydrogens is 226 g/mol. The first-order valence-electron chi connectivity index (χ1n) is 6.03. The van der Waals surface area contributed by atoms with E-state index in [-0.39, 0.29) is 12.5 Å². The number of nitrogens with one attached hydrogen (secondary N) is 1. The van der Waals surface area contributed by atoms with E-state index in [9.17, 15) is 4.79 Å². The molecule has 0 unspecified atom stereocenters. The molecule has 0 radical (unpaired) electrons. The summed E-state index contributed by atoms with van der Waals surface area (Å²) in [6.45, 7) is 4.45. The average molecular weight is 243 g/mol. The van der Waals surface area contributed by atoms with Crippen LogP contribution in [0.15, 0.2) is 42.7 Å². The van der Waals surface area contributed by atoms with E-state index in [2.05, 4.69) is 24.3 Å². The summed E-state index contributed by atoms with van der Waals surface area (Å²) >= 11 is 0. The first-order valence-corrected chi connectivity index (χ1v) is 6.03. The second-order valence-electron chi connectivity index (χ2n) is 4.49. The zero-order valence-electron chi connectivity index (χ0n) is 10.6. The molecule has 1 N–H and O–H groups in total. The van der Waals surface area contributed by atoms with E-state index in [0.717, 1.165) is 11.3 Å². The fourth-order valence-corrected chi connectivity index (χ4v) is 1.85. The molecule has 1 aromatic heterocycles. The van der Waals surface area contributed by atoms with Crippen molar-refractivity contribution in [3.63, 3.8) is 0 Å². The number of hydrogen-bond acceptors (Lipinski definition) is 2. The Morgan fingerprint density at radius 2 is 2.11 bits per heavy atom. The summed E-state index contributed by atoms with van der Waals surface area (Å²) in [6.07, 6.45) is 3.43. The number of hydrogen-bond donors (Lipinski definition) is 1. The highest BCUT2D eigenvalue weighted by Gasteiger charge is 2.09. The average Bonchev–Trinajstić information content (AvgIpc) is 2.82. The van der Waals surface area contributed by atoms with Gasteiger partial charge in [-0.3, -0.25) is 9.48 Å². The zero-order chi connectivity index (χ0) is 13.0. The Morgan fingerprint density at radius 1 is 1.33 bits per heavy atom. The number of benzene rings is 1. The topological polar surface area (TPSA) is 46.9 Å². The van der Waals surface area contributed by atoms with E-state index < -0.39 is 0 Å². The van der Waals surface area contributed by atoms with Crippen LogP contribution in [-0.2, 0) is 11.3 Å². The molecule has 1 heterocycles. The monoisotopic (exact) mass is 243 g/mol. The van der Waals surface area contributed by atoms with E-state index in [1.165, 1.54) is 0 Å². The smallest absolute Gasteiger partial charge is 0.246 e. The van der Waals surface area contributed by atoms with Gasteiger partial charge in [-0.25, -0.2) is 0 Å². The third kappa shape index (κ3) is 2.97. The second kappa shape index (κ2) is 5.49. The predicted octanol–water partition coefficient (Wildman–Crippen LogP) is 2.65. The lowest BCUT2D eigenvalue weighted by Gasteiger charge is -2.13. The molecule has 0 saturated heterocycles. The van der Waals surface area contributed by atoms with E-state index in [0.29, 0.717) is 5.92 Å². The van der Waals surface area contributed by atoms with Crippen LogP contribution in [0, 0.1) is 0 Å². The molecule has 0 saturated carbocycles. The molecule has 94 valence electrons. The highest BCUT2D eigenvalue weighted by molar-refractivity contribution is 5.91. The van der Waals surface area contributed by atoms with Gasteiger partial charge in [0.25, 0.3) is 0 Å². The van der Waals surface area contributed by atoms with Crippen LogP contribution in [0.25, 0.3) is 0 Å². The van der Waals surface area contributed by atoms with Crippen LogP contribution in [0.4, 0.5) is 5.69 Å². The largest absolute Gasteiger partial charge is 0.324 e. The number of nitrogens with zero attached hydrogens (tertiary/aromatic N) is 2. The number of para-hydroxylation sites is 1. The standard InChI is InChI=1S/C14H17N3O/c1-11(2)12-6-3-4-7-13(12)16-14(18)10-17-9-5-8-15-17/h3-9,11H,10H2,1-2H3,(H,16,18). The molecule has 0 atom stereocenters. The van der Waals surface area contributed by atoms with Gasteiger partial charge in [-0.2, -0.15) is 5.10 Å². The number of amides is 1. The van der Waals surface area contributed by atoms with Crippen LogP contribution in [0.2, 0.25) is 0 Å². The number of carbonyl (C=O) groups is 1.